The Hall–Kier alpha value is -2.55. The molecule has 2 aromatic rings. The zero-order chi connectivity index (χ0) is 17.6. The lowest BCUT2D eigenvalue weighted by molar-refractivity contribution is 0.0939. The lowest BCUT2D eigenvalue weighted by Crippen LogP contribution is -2.26. The summed E-state index contributed by atoms with van der Waals surface area (Å²) in [6, 6.07) is 13.8. The van der Waals surface area contributed by atoms with Gasteiger partial charge in [-0.2, -0.15) is 0 Å². The molecule has 0 radical (unpaired) electrons. The number of ether oxygens (including phenoxy) is 1. The van der Waals surface area contributed by atoms with E-state index in [9.17, 15) is 4.79 Å². The van der Waals surface area contributed by atoms with Crippen molar-refractivity contribution in [1.82, 2.24) is 5.32 Å². The van der Waals surface area contributed by atoms with Gasteiger partial charge in [0.1, 0.15) is 12.4 Å². The third kappa shape index (κ3) is 4.30. The molecule has 0 aliphatic heterocycles. The summed E-state index contributed by atoms with van der Waals surface area (Å²) in [4.78, 5) is 12.6. The number of hydrogen-bond acceptors (Lipinski definition) is 2. The number of rotatable bonds is 6. The number of hydrogen-bond donors (Lipinski definition) is 1. The molecule has 0 aromatic heterocycles. The molecule has 3 heteroatoms. The number of carbonyl (C=O) groups excluding carboxylic acids is 1. The van der Waals surface area contributed by atoms with Crippen LogP contribution in [0.5, 0.6) is 5.75 Å². The van der Waals surface area contributed by atoms with Gasteiger partial charge < -0.3 is 10.1 Å². The number of nitrogens with one attached hydrogen (secondary N) is 1. The van der Waals surface area contributed by atoms with Crippen molar-refractivity contribution in [3.63, 3.8) is 0 Å². The molecule has 2 aromatic carbocycles. The lowest BCUT2D eigenvalue weighted by Gasteiger charge is -2.20. The molecule has 1 amide bonds. The molecule has 0 spiro atoms. The molecule has 1 aliphatic carbocycles. The van der Waals surface area contributed by atoms with Crippen molar-refractivity contribution < 1.29 is 9.53 Å². The van der Waals surface area contributed by atoms with E-state index in [0.717, 1.165) is 12.0 Å². The topological polar surface area (TPSA) is 38.3 Å². The predicted molar refractivity (Wildman–Crippen MR) is 101 cm³/mol. The van der Waals surface area contributed by atoms with Crippen LogP contribution >= 0.6 is 0 Å². The van der Waals surface area contributed by atoms with Gasteiger partial charge in [0, 0.05) is 5.56 Å². The van der Waals surface area contributed by atoms with Gasteiger partial charge in [0.2, 0.25) is 0 Å². The molecular weight excluding hydrogens is 310 g/mol. The van der Waals surface area contributed by atoms with Crippen molar-refractivity contribution in [3.8, 4) is 5.75 Å². The van der Waals surface area contributed by atoms with Crippen LogP contribution in [0.15, 0.2) is 55.1 Å². The Morgan fingerprint density at radius 1 is 1.20 bits per heavy atom. The zero-order valence-electron chi connectivity index (χ0n) is 14.8. The zero-order valence-corrected chi connectivity index (χ0v) is 14.8. The van der Waals surface area contributed by atoms with Crippen LogP contribution < -0.4 is 10.1 Å². The second-order valence-corrected chi connectivity index (χ2v) is 6.56. The molecule has 3 nitrogen and oxygen atoms in total. The summed E-state index contributed by atoms with van der Waals surface area (Å²) < 4.78 is 5.50. The van der Waals surface area contributed by atoms with Crippen LogP contribution in [-0.2, 0) is 12.8 Å². The minimum Gasteiger partial charge on any atom is -0.490 e. The van der Waals surface area contributed by atoms with Crippen LogP contribution in [0, 0.1) is 0 Å². The molecule has 0 saturated carbocycles. The summed E-state index contributed by atoms with van der Waals surface area (Å²) >= 11 is 0. The molecule has 0 heterocycles. The van der Waals surface area contributed by atoms with Crippen LogP contribution in [0.4, 0.5) is 0 Å². The van der Waals surface area contributed by atoms with Gasteiger partial charge in [-0.15, -0.1) is 0 Å². The van der Waals surface area contributed by atoms with Crippen molar-refractivity contribution >= 4 is 5.91 Å². The van der Waals surface area contributed by atoms with Gasteiger partial charge in [-0.05, 0) is 67.5 Å². The summed E-state index contributed by atoms with van der Waals surface area (Å²) in [6.07, 6.45) is 6.54. The summed E-state index contributed by atoms with van der Waals surface area (Å²) in [5.74, 6) is 0.586. The first-order valence-corrected chi connectivity index (χ1v) is 8.93. The van der Waals surface area contributed by atoms with Gasteiger partial charge in [0.15, 0.2) is 0 Å². The van der Waals surface area contributed by atoms with Crippen LogP contribution in [0.1, 0.15) is 52.9 Å². The number of fused-ring (bicyclic) bond motifs is 1. The van der Waals surface area contributed by atoms with Gasteiger partial charge in [0.05, 0.1) is 6.04 Å². The van der Waals surface area contributed by atoms with Crippen LogP contribution in [0.2, 0.25) is 0 Å². The quantitative estimate of drug-likeness (QED) is 0.782. The van der Waals surface area contributed by atoms with Crippen LogP contribution in [0.25, 0.3) is 0 Å². The monoisotopic (exact) mass is 335 g/mol. The maximum Gasteiger partial charge on any atom is 0.251 e. The van der Waals surface area contributed by atoms with Crippen molar-refractivity contribution in [1.29, 1.82) is 0 Å². The Morgan fingerprint density at radius 2 is 2.00 bits per heavy atom. The Bertz CT molecular complexity index is 766. The Balaban J connectivity index is 1.69. The highest BCUT2D eigenvalue weighted by atomic mass is 16.5. The lowest BCUT2D eigenvalue weighted by atomic mass is 9.89. The minimum atomic E-state index is -0.0886. The molecule has 0 fully saturated rings. The van der Waals surface area contributed by atoms with Gasteiger partial charge in [-0.3, -0.25) is 4.79 Å². The SMILES string of the molecule is C=CCOc1cccc(C(=O)N[C@H](C)c2ccc3c(c2)CCCC3)c1. The van der Waals surface area contributed by atoms with E-state index in [0.29, 0.717) is 17.9 Å². The highest BCUT2D eigenvalue weighted by Gasteiger charge is 2.15. The standard InChI is InChI=1S/C22H25NO2/c1-3-13-25-21-10-6-9-20(15-21)22(24)23-16(2)18-12-11-17-7-4-5-8-19(17)14-18/h3,6,9-12,14-16H,1,4-5,7-8,13H2,2H3,(H,23,24)/t16-/m1/s1. The first-order chi connectivity index (χ1) is 12.2. The second kappa shape index (κ2) is 8.02. The second-order valence-electron chi connectivity index (χ2n) is 6.56. The number of benzene rings is 2. The number of aryl methyl sites for hydroxylation is 2. The number of carbonyl (C=O) groups is 1. The van der Waals surface area contributed by atoms with Gasteiger partial charge in [-0.1, -0.05) is 36.9 Å². The minimum absolute atomic E-state index is 0.0301. The van der Waals surface area contributed by atoms with E-state index in [2.05, 4.69) is 30.1 Å². The normalized spacial score (nSPS) is 14.3. The Kier molecular flexibility index (Phi) is 5.54. The first kappa shape index (κ1) is 17.3. The van der Waals surface area contributed by atoms with Gasteiger partial charge in [-0.25, -0.2) is 0 Å². The largest absolute Gasteiger partial charge is 0.490 e. The van der Waals surface area contributed by atoms with E-state index in [1.165, 1.54) is 30.4 Å². The summed E-state index contributed by atoms with van der Waals surface area (Å²) in [5.41, 5.74) is 4.66. The molecule has 1 atom stereocenters. The molecular formula is C22H25NO2. The smallest absolute Gasteiger partial charge is 0.251 e. The molecule has 1 aliphatic rings. The fourth-order valence-electron chi connectivity index (χ4n) is 3.27. The summed E-state index contributed by atoms with van der Waals surface area (Å²) in [5, 5.41) is 3.09. The molecule has 1 N–H and O–H groups in total. The van der Waals surface area contributed by atoms with E-state index < -0.39 is 0 Å². The fourth-order valence-corrected chi connectivity index (χ4v) is 3.27. The van der Waals surface area contributed by atoms with Gasteiger partial charge >= 0.3 is 0 Å². The van der Waals surface area contributed by atoms with Gasteiger partial charge in [0.25, 0.3) is 5.91 Å². The Morgan fingerprint density at radius 3 is 2.80 bits per heavy atom. The first-order valence-electron chi connectivity index (χ1n) is 8.93. The highest BCUT2D eigenvalue weighted by Crippen LogP contribution is 2.25. The van der Waals surface area contributed by atoms with Crippen LogP contribution in [0.3, 0.4) is 0 Å². The molecule has 130 valence electrons. The third-order valence-corrected chi connectivity index (χ3v) is 4.68. The molecule has 25 heavy (non-hydrogen) atoms. The van der Waals surface area contributed by atoms with E-state index >= 15 is 0 Å². The van der Waals surface area contributed by atoms with Crippen molar-refractivity contribution in [2.45, 2.75) is 38.6 Å². The molecule has 0 bridgehead atoms. The van der Waals surface area contributed by atoms with E-state index in [1.54, 1.807) is 18.2 Å². The maximum atomic E-state index is 12.6. The highest BCUT2D eigenvalue weighted by molar-refractivity contribution is 5.94. The Labute approximate surface area is 149 Å². The predicted octanol–water partition coefficient (Wildman–Crippen LogP) is 4.62. The van der Waals surface area contributed by atoms with Crippen molar-refractivity contribution in [2.24, 2.45) is 0 Å². The van der Waals surface area contributed by atoms with Crippen LogP contribution in [-0.4, -0.2) is 12.5 Å². The maximum absolute atomic E-state index is 12.6. The average Bonchev–Trinajstić information content (AvgIpc) is 2.66. The summed E-state index contributed by atoms with van der Waals surface area (Å²) in [6.45, 7) is 6.09. The summed E-state index contributed by atoms with van der Waals surface area (Å²) in [7, 11) is 0. The van der Waals surface area contributed by atoms with E-state index in [1.807, 2.05) is 19.1 Å². The third-order valence-electron chi connectivity index (χ3n) is 4.68. The molecule has 0 saturated heterocycles. The van der Waals surface area contributed by atoms with E-state index in [4.69, 9.17) is 4.74 Å². The molecule has 3 rings (SSSR count). The fraction of sp³-hybridized carbons (Fsp3) is 0.318. The van der Waals surface area contributed by atoms with Crippen molar-refractivity contribution in [3.05, 3.63) is 77.4 Å². The molecule has 0 unspecified atom stereocenters. The number of amides is 1. The van der Waals surface area contributed by atoms with Crippen molar-refractivity contribution in [2.75, 3.05) is 6.61 Å². The van der Waals surface area contributed by atoms with E-state index in [-0.39, 0.29) is 11.9 Å². The average molecular weight is 335 g/mol.